The van der Waals surface area contributed by atoms with Gasteiger partial charge in [0, 0.05) is 6.54 Å². The molecule has 0 N–H and O–H groups in total. The first-order valence-electron chi connectivity index (χ1n) is 6.48. The molecule has 4 heteroatoms. The molecule has 0 bridgehead atoms. The fraction of sp³-hybridized carbons (Fsp3) is 1.00. The van der Waals surface area contributed by atoms with Crippen molar-refractivity contribution in [2.45, 2.75) is 32.0 Å². The third-order valence-corrected chi connectivity index (χ3v) is 3.15. The SMILES string of the molecule is C1CCN(CCOCC2OCCCO2)CC1. The van der Waals surface area contributed by atoms with E-state index in [9.17, 15) is 0 Å². The molecule has 0 aromatic heterocycles. The minimum Gasteiger partial charge on any atom is -0.375 e. The Bertz CT molecular complexity index is 157. The lowest BCUT2D eigenvalue weighted by Crippen LogP contribution is -2.34. The summed E-state index contributed by atoms with van der Waals surface area (Å²) in [5.74, 6) is 0. The molecule has 0 radical (unpaired) electrons. The summed E-state index contributed by atoms with van der Waals surface area (Å²) >= 11 is 0. The van der Waals surface area contributed by atoms with Crippen molar-refractivity contribution in [3.05, 3.63) is 0 Å². The molecule has 2 aliphatic heterocycles. The molecule has 2 fully saturated rings. The number of rotatable bonds is 5. The smallest absolute Gasteiger partial charge is 0.180 e. The molecule has 0 unspecified atom stereocenters. The normalized spacial score (nSPS) is 24.8. The van der Waals surface area contributed by atoms with Crippen LogP contribution >= 0.6 is 0 Å². The molecule has 2 aliphatic rings. The summed E-state index contributed by atoms with van der Waals surface area (Å²) < 4.78 is 16.4. The van der Waals surface area contributed by atoms with E-state index < -0.39 is 0 Å². The van der Waals surface area contributed by atoms with Crippen molar-refractivity contribution in [1.82, 2.24) is 4.90 Å². The minimum atomic E-state index is -0.130. The Balaban J connectivity index is 1.47. The molecular weight excluding hydrogens is 206 g/mol. The van der Waals surface area contributed by atoms with Crippen molar-refractivity contribution in [3.63, 3.8) is 0 Å². The predicted molar refractivity (Wildman–Crippen MR) is 61.4 cm³/mol. The number of nitrogens with zero attached hydrogens (tertiary/aromatic N) is 1. The second kappa shape index (κ2) is 7.22. The molecule has 94 valence electrons. The molecule has 2 heterocycles. The summed E-state index contributed by atoms with van der Waals surface area (Å²) in [6.07, 6.45) is 4.95. The average molecular weight is 229 g/mol. The van der Waals surface area contributed by atoms with Gasteiger partial charge < -0.3 is 19.1 Å². The van der Waals surface area contributed by atoms with Crippen molar-refractivity contribution in [2.24, 2.45) is 0 Å². The highest BCUT2D eigenvalue weighted by atomic mass is 16.7. The third-order valence-electron chi connectivity index (χ3n) is 3.15. The number of piperidine rings is 1. The molecule has 0 spiro atoms. The summed E-state index contributed by atoms with van der Waals surface area (Å²) in [6, 6.07) is 0. The van der Waals surface area contributed by atoms with Crippen LogP contribution in [-0.4, -0.2) is 57.3 Å². The van der Waals surface area contributed by atoms with E-state index in [-0.39, 0.29) is 6.29 Å². The van der Waals surface area contributed by atoms with Crippen molar-refractivity contribution < 1.29 is 14.2 Å². The van der Waals surface area contributed by atoms with E-state index in [1.54, 1.807) is 0 Å². The zero-order chi connectivity index (χ0) is 11.1. The van der Waals surface area contributed by atoms with E-state index in [2.05, 4.69) is 4.90 Å². The van der Waals surface area contributed by atoms with Gasteiger partial charge in [0.15, 0.2) is 6.29 Å². The lowest BCUT2D eigenvalue weighted by atomic mass is 10.1. The minimum absolute atomic E-state index is 0.130. The van der Waals surface area contributed by atoms with E-state index in [1.807, 2.05) is 0 Å². The van der Waals surface area contributed by atoms with Crippen LogP contribution in [0, 0.1) is 0 Å². The summed E-state index contributed by atoms with van der Waals surface area (Å²) in [5, 5.41) is 0. The Morgan fingerprint density at radius 3 is 2.50 bits per heavy atom. The van der Waals surface area contributed by atoms with Gasteiger partial charge in [0.05, 0.1) is 26.4 Å². The fourth-order valence-electron chi connectivity index (χ4n) is 2.19. The molecular formula is C12H23NO3. The van der Waals surface area contributed by atoms with Crippen molar-refractivity contribution in [1.29, 1.82) is 0 Å². The Labute approximate surface area is 97.8 Å². The van der Waals surface area contributed by atoms with Gasteiger partial charge in [0.2, 0.25) is 0 Å². The summed E-state index contributed by atoms with van der Waals surface area (Å²) in [7, 11) is 0. The molecule has 0 atom stereocenters. The standard InChI is InChI=1S/C12H23NO3/c1-2-5-13(6-3-1)7-10-14-11-12-15-8-4-9-16-12/h12H,1-11H2. The largest absolute Gasteiger partial charge is 0.375 e. The van der Waals surface area contributed by atoms with E-state index >= 15 is 0 Å². The first-order valence-corrected chi connectivity index (χ1v) is 6.48. The second-order valence-electron chi connectivity index (χ2n) is 4.50. The molecule has 0 aromatic rings. The topological polar surface area (TPSA) is 30.9 Å². The Morgan fingerprint density at radius 1 is 1.00 bits per heavy atom. The quantitative estimate of drug-likeness (QED) is 0.664. The monoisotopic (exact) mass is 229 g/mol. The van der Waals surface area contributed by atoms with Gasteiger partial charge in [-0.1, -0.05) is 6.42 Å². The zero-order valence-corrected chi connectivity index (χ0v) is 10.0. The van der Waals surface area contributed by atoms with Crippen molar-refractivity contribution >= 4 is 0 Å². The van der Waals surface area contributed by atoms with Gasteiger partial charge in [-0.2, -0.15) is 0 Å². The van der Waals surface area contributed by atoms with Crippen LogP contribution in [-0.2, 0) is 14.2 Å². The van der Waals surface area contributed by atoms with E-state index in [0.29, 0.717) is 6.61 Å². The van der Waals surface area contributed by atoms with Gasteiger partial charge in [0.25, 0.3) is 0 Å². The summed E-state index contributed by atoms with van der Waals surface area (Å²) in [5.41, 5.74) is 0. The highest BCUT2D eigenvalue weighted by molar-refractivity contribution is 4.63. The van der Waals surface area contributed by atoms with E-state index in [1.165, 1.54) is 32.4 Å². The molecule has 0 aliphatic carbocycles. The number of ether oxygens (including phenoxy) is 3. The van der Waals surface area contributed by atoms with Crippen LogP contribution in [0.25, 0.3) is 0 Å². The highest BCUT2D eigenvalue weighted by Crippen LogP contribution is 2.08. The van der Waals surface area contributed by atoms with Gasteiger partial charge in [0.1, 0.15) is 0 Å². The number of hydrogen-bond donors (Lipinski definition) is 0. The van der Waals surface area contributed by atoms with Gasteiger partial charge in [-0.3, -0.25) is 0 Å². The van der Waals surface area contributed by atoms with Crippen LogP contribution in [0.2, 0.25) is 0 Å². The highest BCUT2D eigenvalue weighted by Gasteiger charge is 2.14. The number of likely N-dealkylation sites (tertiary alicyclic amines) is 1. The van der Waals surface area contributed by atoms with Crippen molar-refractivity contribution in [3.8, 4) is 0 Å². The first-order chi connectivity index (χ1) is 7.95. The lowest BCUT2D eigenvalue weighted by Gasteiger charge is -2.27. The molecule has 16 heavy (non-hydrogen) atoms. The molecule has 0 aromatic carbocycles. The maximum absolute atomic E-state index is 5.58. The van der Waals surface area contributed by atoms with Crippen LogP contribution in [0.1, 0.15) is 25.7 Å². The molecule has 2 rings (SSSR count). The Morgan fingerprint density at radius 2 is 1.75 bits per heavy atom. The Hall–Kier alpha value is -0.160. The first kappa shape index (κ1) is 12.3. The molecule has 0 saturated carbocycles. The summed E-state index contributed by atoms with van der Waals surface area (Å²) in [6.45, 7) is 6.50. The van der Waals surface area contributed by atoms with Gasteiger partial charge in [-0.15, -0.1) is 0 Å². The predicted octanol–water partition coefficient (Wildman–Crippen LogP) is 1.25. The fourth-order valence-corrected chi connectivity index (χ4v) is 2.19. The van der Waals surface area contributed by atoms with Crippen LogP contribution in [0.3, 0.4) is 0 Å². The molecule has 2 saturated heterocycles. The maximum Gasteiger partial charge on any atom is 0.180 e. The van der Waals surface area contributed by atoms with E-state index in [4.69, 9.17) is 14.2 Å². The van der Waals surface area contributed by atoms with Gasteiger partial charge in [-0.25, -0.2) is 0 Å². The second-order valence-corrected chi connectivity index (χ2v) is 4.50. The molecule has 0 amide bonds. The zero-order valence-electron chi connectivity index (χ0n) is 10.0. The van der Waals surface area contributed by atoms with Crippen molar-refractivity contribution in [2.75, 3.05) is 46.1 Å². The third kappa shape index (κ3) is 4.37. The van der Waals surface area contributed by atoms with E-state index in [0.717, 1.165) is 32.8 Å². The molecule has 4 nitrogen and oxygen atoms in total. The van der Waals surface area contributed by atoms with Gasteiger partial charge in [-0.05, 0) is 32.4 Å². The maximum atomic E-state index is 5.58. The summed E-state index contributed by atoms with van der Waals surface area (Å²) in [4.78, 5) is 2.48. The average Bonchev–Trinajstić information content (AvgIpc) is 2.37. The Kier molecular flexibility index (Phi) is 5.55. The van der Waals surface area contributed by atoms with Crippen LogP contribution < -0.4 is 0 Å². The number of hydrogen-bond acceptors (Lipinski definition) is 4. The van der Waals surface area contributed by atoms with Gasteiger partial charge >= 0.3 is 0 Å². The lowest BCUT2D eigenvalue weighted by molar-refractivity contribution is -0.202. The van der Waals surface area contributed by atoms with Crippen LogP contribution in [0.5, 0.6) is 0 Å². The van der Waals surface area contributed by atoms with Crippen LogP contribution in [0.15, 0.2) is 0 Å². The van der Waals surface area contributed by atoms with Crippen LogP contribution in [0.4, 0.5) is 0 Å².